The van der Waals surface area contributed by atoms with E-state index in [4.69, 9.17) is 0 Å². The summed E-state index contributed by atoms with van der Waals surface area (Å²) in [6.07, 6.45) is 1.59. The van der Waals surface area contributed by atoms with Gasteiger partial charge in [-0.1, -0.05) is 30.3 Å². The van der Waals surface area contributed by atoms with Crippen LogP contribution in [0.5, 0.6) is 0 Å². The van der Waals surface area contributed by atoms with Crippen molar-refractivity contribution >= 4 is 17.5 Å². The minimum atomic E-state index is 0.000555. The second-order valence-corrected chi connectivity index (χ2v) is 6.45. The van der Waals surface area contributed by atoms with Crippen LogP contribution in [0.3, 0.4) is 0 Å². The van der Waals surface area contributed by atoms with Gasteiger partial charge in [-0.2, -0.15) is 0 Å². The van der Waals surface area contributed by atoms with Crippen LogP contribution in [0.1, 0.15) is 41.3 Å². The average Bonchev–Trinajstić information content (AvgIpc) is 3.02. The number of hydrogen-bond acceptors (Lipinski definition) is 2. The Morgan fingerprint density at radius 2 is 1.84 bits per heavy atom. The standard InChI is InChI=1S/C21H24N2O2/c1-3-23(19-8-5-4-7-16(19)2)21(25)18-12-10-17(11-13-18)15-22-14-6-9-20(22)24/h4-5,7-8,10-13H,3,6,9,14-15H2,1-2H3. The number of carbonyl (C=O) groups excluding carboxylic acids is 2. The molecule has 0 aromatic heterocycles. The number of rotatable bonds is 5. The maximum atomic E-state index is 12.9. The van der Waals surface area contributed by atoms with Crippen LogP contribution in [-0.4, -0.2) is 29.8 Å². The van der Waals surface area contributed by atoms with Gasteiger partial charge >= 0.3 is 0 Å². The van der Waals surface area contributed by atoms with Gasteiger partial charge in [-0.15, -0.1) is 0 Å². The molecule has 130 valence electrons. The Morgan fingerprint density at radius 3 is 2.44 bits per heavy atom. The molecule has 2 amide bonds. The Kier molecular flexibility index (Phi) is 5.17. The molecular weight excluding hydrogens is 312 g/mol. The van der Waals surface area contributed by atoms with Crippen molar-refractivity contribution in [1.82, 2.24) is 4.90 Å². The molecule has 0 bridgehead atoms. The number of amides is 2. The summed E-state index contributed by atoms with van der Waals surface area (Å²) in [4.78, 5) is 28.3. The van der Waals surface area contributed by atoms with Gasteiger partial charge in [0.2, 0.25) is 5.91 Å². The van der Waals surface area contributed by atoms with E-state index < -0.39 is 0 Å². The van der Waals surface area contributed by atoms with Gasteiger partial charge in [0.15, 0.2) is 0 Å². The van der Waals surface area contributed by atoms with Crippen LogP contribution in [0.15, 0.2) is 48.5 Å². The van der Waals surface area contributed by atoms with E-state index in [0.717, 1.165) is 29.8 Å². The number of para-hydroxylation sites is 1. The zero-order chi connectivity index (χ0) is 17.8. The maximum absolute atomic E-state index is 12.9. The van der Waals surface area contributed by atoms with Gasteiger partial charge in [0.1, 0.15) is 0 Å². The van der Waals surface area contributed by atoms with Crippen LogP contribution >= 0.6 is 0 Å². The summed E-state index contributed by atoms with van der Waals surface area (Å²) >= 11 is 0. The van der Waals surface area contributed by atoms with Crippen molar-refractivity contribution < 1.29 is 9.59 Å². The fourth-order valence-corrected chi connectivity index (χ4v) is 3.29. The predicted octanol–water partition coefficient (Wildman–Crippen LogP) is 3.78. The van der Waals surface area contributed by atoms with E-state index in [0.29, 0.717) is 25.1 Å². The van der Waals surface area contributed by atoms with Crippen LogP contribution in [0.25, 0.3) is 0 Å². The second-order valence-electron chi connectivity index (χ2n) is 6.45. The van der Waals surface area contributed by atoms with Gasteiger partial charge in [-0.05, 0) is 49.6 Å². The van der Waals surface area contributed by atoms with Gasteiger partial charge in [0.05, 0.1) is 0 Å². The average molecular weight is 336 g/mol. The first-order valence-corrected chi connectivity index (χ1v) is 8.84. The van der Waals surface area contributed by atoms with E-state index >= 15 is 0 Å². The maximum Gasteiger partial charge on any atom is 0.258 e. The first-order chi connectivity index (χ1) is 12.1. The molecule has 0 atom stereocenters. The number of anilines is 1. The highest BCUT2D eigenvalue weighted by atomic mass is 16.2. The van der Waals surface area contributed by atoms with Gasteiger partial charge in [-0.25, -0.2) is 0 Å². The molecule has 25 heavy (non-hydrogen) atoms. The molecular formula is C21H24N2O2. The lowest BCUT2D eigenvalue weighted by atomic mass is 10.1. The van der Waals surface area contributed by atoms with Crippen LogP contribution in [0.4, 0.5) is 5.69 Å². The first-order valence-electron chi connectivity index (χ1n) is 8.84. The van der Waals surface area contributed by atoms with Gasteiger partial charge in [-0.3, -0.25) is 9.59 Å². The third-order valence-corrected chi connectivity index (χ3v) is 4.71. The van der Waals surface area contributed by atoms with Crippen LogP contribution in [-0.2, 0) is 11.3 Å². The van der Waals surface area contributed by atoms with Crippen LogP contribution in [0.2, 0.25) is 0 Å². The number of aryl methyl sites for hydroxylation is 1. The molecule has 0 unspecified atom stereocenters. The van der Waals surface area contributed by atoms with Crippen molar-refractivity contribution in [2.75, 3.05) is 18.0 Å². The van der Waals surface area contributed by atoms with Crippen molar-refractivity contribution in [2.24, 2.45) is 0 Å². The largest absolute Gasteiger partial charge is 0.338 e. The lowest BCUT2D eigenvalue weighted by molar-refractivity contribution is -0.128. The second kappa shape index (κ2) is 7.51. The third kappa shape index (κ3) is 3.73. The van der Waals surface area contributed by atoms with Crippen LogP contribution < -0.4 is 4.90 Å². The van der Waals surface area contributed by atoms with E-state index in [2.05, 4.69) is 0 Å². The Morgan fingerprint density at radius 1 is 1.12 bits per heavy atom. The molecule has 4 nitrogen and oxygen atoms in total. The van der Waals surface area contributed by atoms with Gasteiger partial charge in [0, 0.05) is 37.3 Å². The number of nitrogens with zero attached hydrogens (tertiary/aromatic N) is 2. The Bertz CT molecular complexity index is 768. The zero-order valence-electron chi connectivity index (χ0n) is 14.9. The smallest absolute Gasteiger partial charge is 0.258 e. The monoisotopic (exact) mass is 336 g/mol. The molecule has 2 aromatic rings. The number of benzene rings is 2. The quantitative estimate of drug-likeness (QED) is 0.833. The molecule has 1 fully saturated rings. The number of carbonyl (C=O) groups is 2. The molecule has 1 saturated heterocycles. The highest BCUT2D eigenvalue weighted by Gasteiger charge is 2.21. The van der Waals surface area contributed by atoms with E-state index in [9.17, 15) is 9.59 Å². The molecule has 3 rings (SSSR count). The van der Waals surface area contributed by atoms with Crippen molar-refractivity contribution in [3.05, 3.63) is 65.2 Å². The van der Waals surface area contributed by atoms with E-state index in [1.54, 1.807) is 4.90 Å². The normalized spacial score (nSPS) is 14.0. The Labute approximate surface area is 149 Å². The molecule has 1 aliphatic rings. The summed E-state index contributed by atoms with van der Waals surface area (Å²) < 4.78 is 0. The third-order valence-electron chi connectivity index (χ3n) is 4.71. The van der Waals surface area contributed by atoms with Crippen molar-refractivity contribution in [3.63, 3.8) is 0 Å². The molecule has 0 spiro atoms. The summed E-state index contributed by atoms with van der Waals surface area (Å²) in [5.41, 5.74) is 3.76. The summed E-state index contributed by atoms with van der Waals surface area (Å²) in [7, 11) is 0. The minimum absolute atomic E-state index is 0.000555. The Hall–Kier alpha value is -2.62. The van der Waals surface area contributed by atoms with Crippen LogP contribution in [0, 0.1) is 6.92 Å². The molecule has 4 heteroatoms. The lowest BCUT2D eigenvalue weighted by Gasteiger charge is -2.23. The Balaban J connectivity index is 1.75. The summed E-state index contributed by atoms with van der Waals surface area (Å²) in [5.74, 6) is 0.220. The van der Waals surface area contributed by atoms with Crippen molar-refractivity contribution in [1.29, 1.82) is 0 Å². The van der Waals surface area contributed by atoms with Crippen molar-refractivity contribution in [3.8, 4) is 0 Å². The summed E-state index contributed by atoms with van der Waals surface area (Å²) in [6.45, 7) is 6.08. The minimum Gasteiger partial charge on any atom is -0.338 e. The topological polar surface area (TPSA) is 40.6 Å². The summed E-state index contributed by atoms with van der Waals surface area (Å²) in [5, 5.41) is 0. The molecule has 0 radical (unpaired) electrons. The molecule has 0 saturated carbocycles. The fraction of sp³-hybridized carbons (Fsp3) is 0.333. The predicted molar refractivity (Wildman–Crippen MR) is 99.6 cm³/mol. The summed E-state index contributed by atoms with van der Waals surface area (Å²) in [6, 6.07) is 15.5. The number of hydrogen-bond donors (Lipinski definition) is 0. The molecule has 0 N–H and O–H groups in total. The van der Waals surface area contributed by atoms with Crippen molar-refractivity contribution in [2.45, 2.75) is 33.2 Å². The van der Waals surface area contributed by atoms with E-state index in [-0.39, 0.29) is 11.8 Å². The number of likely N-dealkylation sites (tertiary alicyclic amines) is 1. The first kappa shape index (κ1) is 17.2. The SMILES string of the molecule is CCN(C(=O)c1ccc(CN2CCCC2=O)cc1)c1ccccc1C. The highest BCUT2D eigenvalue weighted by Crippen LogP contribution is 2.22. The molecule has 1 heterocycles. The highest BCUT2D eigenvalue weighted by molar-refractivity contribution is 6.06. The van der Waals surface area contributed by atoms with E-state index in [1.165, 1.54) is 0 Å². The molecule has 1 aliphatic heterocycles. The zero-order valence-corrected chi connectivity index (χ0v) is 14.9. The molecule has 2 aromatic carbocycles. The fourth-order valence-electron chi connectivity index (χ4n) is 3.29. The molecule has 0 aliphatic carbocycles. The van der Waals surface area contributed by atoms with Gasteiger partial charge < -0.3 is 9.80 Å². The van der Waals surface area contributed by atoms with Gasteiger partial charge in [0.25, 0.3) is 5.91 Å². The van der Waals surface area contributed by atoms with E-state index in [1.807, 2.05) is 67.3 Å². The lowest BCUT2D eigenvalue weighted by Crippen LogP contribution is -2.31.